The van der Waals surface area contributed by atoms with Gasteiger partial charge in [-0.3, -0.25) is 4.99 Å². The molecule has 0 atom stereocenters. The number of halogens is 2. The molecule has 2 aliphatic rings. The highest BCUT2D eigenvalue weighted by Gasteiger charge is 2.44. The topological polar surface area (TPSA) is 27.6 Å². The van der Waals surface area contributed by atoms with E-state index in [4.69, 9.17) is 0 Å². The van der Waals surface area contributed by atoms with E-state index in [-0.39, 0.29) is 35.2 Å². The maximum Gasteiger partial charge on any atom is 0.193 e. The number of nitrogens with one attached hydrogen (secondary N) is 1. The average molecular weight is 375 g/mol. The van der Waals surface area contributed by atoms with Gasteiger partial charge in [0.25, 0.3) is 0 Å². The molecule has 1 fully saturated rings. The van der Waals surface area contributed by atoms with E-state index in [1.165, 1.54) is 18.4 Å². The zero-order valence-corrected chi connectivity index (χ0v) is 13.4. The van der Waals surface area contributed by atoms with Gasteiger partial charge in [0.1, 0.15) is 5.82 Å². The predicted molar refractivity (Wildman–Crippen MR) is 85.7 cm³/mol. The molecule has 1 aliphatic carbocycles. The number of hydrogen-bond donors (Lipinski definition) is 1. The maximum atomic E-state index is 12.9. The molecule has 3 nitrogen and oxygen atoms in total. The molecule has 3 rings (SSSR count). The lowest BCUT2D eigenvalue weighted by Crippen LogP contribution is -2.39. The van der Waals surface area contributed by atoms with Crippen molar-refractivity contribution >= 4 is 29.9 Å². The molecular weight excluding hydrogens is 356 g/mol. The molecule has 19 heavy (non-hydrogen) atoms. The van der Waals surface area contributed by atoms with Gasteiger partial charge in [-0.15, -0.1) is 24.0 Å². The van der Waals surface area contributed by atoms with E-state index < -0.39 is 0 Å². The number of benzene rings is 1. The molecule has 5 heteroatoms. The number of rotatable bonds is 3. The van der Waals surface area contributed by atoms with Crippen molar-refractivity contribution < 1.29 is 4.39 Å². The first-order valence-corrected chi connectivity index (χ1v) is 6.45. The fourth-order valence-corrected chi connectivity index (χ4v) is 2.49. The fraction of sp³-hybridized carbons (Fsp3) is 0.500. The van der Waals surface area contributed by atoms with Crippen LogP contribution in [0.4, 0.5) is 4.39 Å². The molecule has 1 aromatic rings. The Hall–Kier alpha value is -0.850. The summed E-state index contributed by atoms with van der Waals surface area (Å²) in [5.41, 5.74) is 1.43. The van der Waals surface area contributed by atoms with Crippen molar-refractivity contribution in [1.82, 2.24) is 10.2 Å². The lowest BCUT2D eigenvalue weighted by molar-refractivity contribution is 0.523. The third-order valence-electron chi connectivity index (χ3n) is 3.95. The summed E-state index contributed by atoms with van der Waals surface area (Å²) in [7, 11) is 2.05. The van der Waals surface area contributed by atoms with Gasteiger partial charge in [0.05, 0.1) is 6.54 Å². The molecule has 1 aliphatic heterocycles. The van der Waals surface area contributed by atoms with E-state index in [9.17, 15) is 4.39 Å². The molecule has 104 valence electrons. The van der Waals surface area contributed by atoms with Gasteiger partial charge in [0.15, 0.2) is 5.96 Å². The first-order valence-electron chi connectivity index (χ1n) is 6.45. The van der Waals surface area contributed by atoms with Crippen LogP contribution < -0.4 is 5.32 Å². The largest absolute Gasteiger partial charge is 0.355 e. The fourth-order valence-electron chi connectivity index (χ4n) is 2.49. The van der Waals surface area contributed by atoms with Crippen LogP contribution in [0.2, 0.25) is 0 Å². The first-order chi connectivity index (χ1) is 8.70. The summed E-state index contributed by atoms with van der Waals surface area (Å²) in [4.78, 5) is 6.57. The Morgan fingerprint density at radius 2 is 2.00 bits per heavy atom. The van der Waals surface area contributed by atoms with Gasteiger partial charge in [0.2, 0.25) is 0 Å². The minimum Gasteiger partial charge on any atom is -0.355 e. The van der Waals surface area contributed by atoms with Crippen molar-refractivity contribution in [2.75, 3.05) is 26.7 Å². The van der Waals surface area contributed by atoms with Crippen LogP contribution in [0.5, 0.6) is 0 Å². The van der Waals surface area contributed by atoms with Crippen LogP contribution in [0.15, 0.2) is 29.3 Å². The van der Waals surface area contributed by atoms with Crippen molar-refractivity contribution in [3.05, 3.63) is 35.6 Å². The zero-order valence-electron chi connectivity index (χ0n) is 11.0. The third-order valence-corrected chi connectivity index (χ3v) is 3.95. The van der Waals surface area contributed by atoms with Gasteiger partial charge in [-0.05, 0) is 30.5 Å². The molecule has 0 amide bonds. The summed E-state index contributed by atoms with van der Waals surface area (Å²) in [5.74, 6) is 0.825. The van der Waals surface area contributed by atoms with E-state index in [1.807, 2.05) is 12.1 Å². The van der Waals surface area contributed by atoms with Crippen molar-refractivity contribution in [3.63, 3.8) is 0 Å². The average Bonchev–Trinajstić information content (AvgIpc) is 3.05. The normalized spacial score (nSPS) is 19.7. The molecule has 0 unspecified atom stereocenters. The molecule has 0 radical (unpaired) electrons. The molecule has 0 bridgehead atoms. The van der Waals surface area contributed by atoms with Crippen molar-refractivity contribution in [3.8, 4) is 0 Å². The lowest BCUT2D eigenvalue weighted by Gasteiger charge is -2.20. The third kappa shape index (κ3) is 3.01. The second-order valence-electron chi connectivity index (χ2n) is 5.27. The Labute approximate surface area is 130 Å². The molecule has 1 N–H and O–H groups in total. The van der Waals surface area contributed by atoms with E-state index in [1.54, 1.807) is 12.1 Å². The van der Waals surface area contributed by atoms with Crippen LogP contribution in [0.1, 0.15) is 18.4 Å². The quantitative estimate of drug-likeness (QED) is 0.822. The Balaban J connectivity index is 0.00000133. The molecule has 0 aromatic heterocycles. The summed E-state index contributed by atoms with van der Waals surface area (Å²) in [5, 5.41) is 3.43. The number of nitrogens with zero attached hydrogens (tertiary/aromatic N) is 2. The molecule has 1 aromatic carbocycles. The minimum atomic E-state index is -0.164. The van der Waals surface area contributed by atoms with Gasteiger partial charge in [-0.1, -0.05) is 12.1 Å². The summed E-state index contributed by atoms with van der Waals surface area (Å²) < 4.78 is 12.9. The van der Waals surface area contributed by atoms with Gasteiger partial charge in [-0.25, -0.2) is 4.39 Å². The maximum absolute atomic E-state index is 12.9. The van der Waals surface area contributed by atoms with E-state index in [0.29, 0.717) is 0 Å². The SMILES string of the molecule is CN1CCN=C1NCC1(c2ccc(F)cc2)CC1.I. The number of hydrogen-bond acceptors (Lipinski definition) is 3. The molecule has 1 heterocycles. The second-order valence-corrected chi connectivity index (χ2v) is 5.27. The van der Waals surface area contributed by atoms with Gasteiger partial charge >= 0.3 is 0 Å². The zero-order chi connectivity index (χ0) is 12.6. The minimum absolute atomic E-state index is 0. The van der Waals surface area contributed by atoms with E-state index >= 15 is 0 Å². The second kappa shape index (κ2) is 5.64. The van der Waals surface area contributed by atoms with Gasteiger partial charge in [-0.2, -0.15) is 0 Å². The predicted octanol–water partition coefficient (Wildman–Crippen LogP) is 2.37. The monoisotopic (exact) mass is 375 g/mol. The molecule has 0 spiro atoms. The Bertz CT molecular complexity index is 468. The summed E-state index contributed by atoms with van der Waals surface area (Å²) >= 11 is 0. The molecule has 1 saturated carbocycles. The highest BCUT2D eigenvalue weighted by Crippen LogP contribution is 2.47. The summed E-state index contributed by atoms with van der Waals surface area (Å²) in [6.07, 6.45) is 2.34. The molecular formula is C14H19FIN3. The molecule has 0 saturated heterocycles. The highest BCUT2D eigenvalue weighted by atomic mass is 127. The summed E-state index contributed by atoms with van der Waals surface area (Å²) in [6, 6.07) is 6.91. The van der Waals surface area contributed by atoms with E-state index in [2.05, 4.69) is 22.3 Å². The van der Waals surface area contributed by atoms with Gasteiger partial charge in [0, 0.05) is 25.6 Å². The van der Waals surface area contributed by atoms with Crippen molar-refractivity contribution in [1.29, 1.82) is 0 Å². The summed E-state index contributed by atoms with van der Waals surface area (Å²) in [6.45, 7) is 2.76. The number of guanidine groups is 1. The van der Waals surface area contributed by atoms with Crippen molar-refractivity contribution in [2.24, 2.45) is 4.99 Å². The van der Waals surface area contributed by atoms with Crippen LogP contribution in [-0.4, -0.2) is 37.5 Å². The number of aliphatic imine (C=N–C) groups is 1. The highest BCUT2D eigenvalue weighted by molar-refractivity contribution is 14.0. The Morgan fingerprint density at radius 3 is 2.53 bits per heavy atom. The number of likely N-dealkylation sites (N-methyl/N-ethyl adjacent to an activating group) is 1. The van der Waals surface area contributed by atoms with Crippen LogP contribution in [0.3, 0.4) is 0 Å². The van der Waals surface area contributed by atoms with Crippen LogP contribution in [-0.2, 0) is 5.41 Å². The van der Waals surface area contributed by atoms with Crippen LogP contribution in [0.25, 0.3) is 0 Å². The Kier molecular flexibility index (Phi) is 4.32. The van der Waals surface area contributed by atoms with E-state index in [0.717, 1.165) is 25.6 Å². The van der Waals surface area contributed by atoms with Gasteiger partial charge < -0.3 is 10.2 Å². The van der Waals surface area contributed by atoms with Crippen LogP contribution in [0, 0.1) is 5.82 Å². The standard InChI is InChI=1S/C14H18FN3.HI/c1-18-9-8-16-13(18)17-10-14(6-7-14)11-2-4-12(15)5-3-11;/h2-5H,6-10H2,1H3,(H,16,17);1H. The first kappa shape index (κ1) is 14.6. The lowest BCUT2D eigenvalue weighted by atomic mass is 9.96. The smallest absolute Gasteiger partial charge is 0.193 e. The van der Waals surface area contributed by atoms with Crippen molar-refractivity contribution in [2.45, 2.75) is 18.3 Å². The Morgan fingerprint density at radius 1 is 1.32 bits per heavy atom. The van der Waals surface area contributed by atoms with Crippen LogP contribution >= 0.6 is 24.0 Å².